The van der Waals surface area contributed by atoms with Crippen molar-refractivity contribution in [2.75, 3.05) is 38.7 Å². The standard InChI is InChI=1S/C16H20N4O4/c1-17-15(23)19-12-4-2-11(3-5-12)14(22)20-7-6-13(21)18-8-16(20)9-24-10-16/h2-5H,6-10H2,1H3,(H,18,21)(H2,17,19,23). The van der Waals surface area contributed by atoms with Crippen LogP contribution in [0, 0.1) is 0 Å². The zero-order valence-electron chi connectivity index (χ0n) is 13.4. The molecular weight excluding hydrogens is 312 g/mol. The number of carbonyl (C=O) groups excluding carboxylic acids is 3. The zero-order chi connectivity index (χ0) is 17.2. The van der Waals surface area contributed by atoms with Crippen molar-refractivity contribution >= 4 is 23.5 Å². The normalized spacial score (nSPS) is 19.0. The number of anilines is 1. The third-order valence-electron chi connectivity index (χ3n) is 4.35. The van der Waals surface area contributed by atoms with Gasteiger partial charge >= 0.3 is 6.03 Å². The van der Waals surface area contributed by atoms with E-state index in [1.54, 1.807) is 29.2 Å². The molecule has 2 fully saturated rings. The number of ether oxygens (including phenoxy) is 1. The van der Waals surface area contributed by atoms with Gasteiger partial charge in [-0.05, 0) is 24.3 Å². The van der Waals surface area contributed by atoms with Gasteiger partial charge in [-0.2, -0.15) is 0 Å². The predicted octanol–water partition coefficient (Wildman–Crippen LogP) is 0.169. The second-order valence-corrected chi connectivity index (χ2v) is 5.98. The molecule has 0 aromatic heterocycles. The molecule has 2 aliphatic heterocycles. The number of hydrogen-bond acceptors (Lipinski definition) is 4. The van der Waals surface area contributed by atoms with E-state index in [0.29, 0.717) is 37.6 Å². The summed E-state index contributed by atoms with van der Waals surface area (Å²) >= 11 is 0. The van der Waals surface area contributed by atoms with Crippen LogP contribution >= 0.6 is 0 Å². The first kappa shape index (κ1) is 16.3. The minimum atomic E-state index is -0.456. The van der Waals surface area contributed by atoms with Gasteiger partial charge in [-0.25, -0.2) is 4.79 Å². The number of urea groups is 1. The van der Waals surface area contributed by atoms with Crippen molar-refractivity contribution in [2.24, 2.45) is 0 Å². The third kappa shape index (κ3) is 3.05. The maximum absolute atomic E-state index is 12.9. The van der Waals surface area contributed by atoms with E-state index in [4.69, 9.17) is 4.74 Å². The van der Waals surface area contributed by atoms with Crippen molar-refractivity contribution in [3.63, 3.8) is 0 Å². The van der Waals surface area contributed by atoms with Crippen molar-refractivity contribution in [3.8, 4) is 0 Å². The van der Waals surface area contributed by atoms with Crippen molar-refractivity contribution in [1.82, 2.24) is 15.5 Å². The Kier molecular flexibility index (Phi) is 4.39. The van der Waals surface area contributed by atoms with Gasteiger partial charge < -0.3 is 25.6 Å². The Hall–Kier alpha value is -2.61. The molecule has 1 spiro atoms. The Balaban J connectivity index is 1.77. The molecule has 24 heavy (non-hydrogen) atoms. The molecule has 0 radical (unpaired) electrons. The summed E-state index contributed by atoms with van der Waals surface area (Å²) in [6.07, 6.45) is 0.282. The average molecular weight is 332 g/mol. The number of hydrogen-bond donors (Lipinski definition) is 3. The van der Waals surface area contributed by atoms with Crippen LogP contribution in [0.25, 0.3) is 0 Å². The fourth-order valence-corrected chi connectivity index (χ4v) is 2.86. The number of nitrogens with zero attached hydrogens (tertiary/aromatic N) is 1. The summed E-state index contributed by atoms with van der Waals surface area (Å²) in [5, 5.41) is 7.95. The number of carbonyl (C=O) groups is 3. The fourth-order valence-electron chi connectivity index (χ4n) is 2.86. The smallest absolute Gasteiger partial charge is 0.318 e. The largest absolute Gasteiger partial charge is 0.376 e. The quantitative estimate of drug-likeness (QED) is 0.719. The second-order valence-electron chi connectivity index (χ2n) is 5.98. The highest BCUT2D eigenvalue weighted by Crippen LogP contribution is 2.28. The van der Waals surface area contributed by atoms with Crippen LogP contribution < -0.4 is 16.0 Å². The Morgan fingerprint density at radius 3 is 2.54 bits per heavy atom. The number of amides is 4. The molecule has 2 aliphatic rings. The van der Waals surface area contributed by atoms with Gasteiger partial charge in [-0.15, -0.1) is 0 Å². The highest BCUT2D eigenvalue weighted by atomic mass is 16.5. The Bertz CT molecular complexity index is 655. The number of rotatable bonds is 2. The minimum Gasteiger partial charge on any atom is -0.376 e. The van der Waals surface area contributed by atoms with Crippen LogP contribution in [0.1, 0.15) is 16.8 Å². The molecule has 2 saturated heterocycles. The summed E-state index contributed by atoms with van der Waals surface area (Å²) in [7, 11) is 1.53. The molecule has 8 heteroatoms. The summed E-state index contributed by atoms with van der Waals surface area (Å²) in [5.41, 5.74) is 0.654. The van der Waals surface area contributed by atoms with E-state index in [0.717, 1.165) is 0 Å². The third-order valence-corrected chi connectivity index (χ3v) is 4.35. The van der Waals surface area contributed by atoms with E-state index in [-0.39, 0.29) is 24.3 Å². The highest BCUT2D eigenvalue weighted by Gasteiger charge is 2.48. The molecule has 128 valence electrons. The van der Waals surface area contributed by atoms with Gasteiger partial charge in [-0.1, -0.05) is 0 Å². The topological polar surface area (TPSA) is 99.8 Å². The maximum atomic E-state index is 12.9. The van der Waals surface area contributed by atoms with E-state index in [2.05, 4.69) is 16.0 Å². The highest BCUT2D eigenvalue weighted by molar-refractivity contribution is 5.96. The molecule has 0 saturated carbocycles. The molecule has 1 aromatic rings. The monoisotopic (exact) mass is 332 g/mol. The van der Waals surface area contributed by atoms with Crippen LogP contribution in [0.2, 0.25) is 0 Å². The lowest BCUT2D eigenvalue weighted by atomic mass is 9.94. The molecule has 3 N–H and O–H groups in total. The average Bonchev–Trinajstić information content (AvgIpc) is 2.73. The summed E-state index contributed by atoms with van der Waals surface area (Å²) in [6.45, 7) is 1.63. The van der Waals surface area contributed by atoms with E-state index >= 15 is 0 Å². The lowest BCUT2D eigenvalue weighted by Gasteiger charge is -2.48. The molecule has 0 aliphatic carbocycles. The van der Waals surface area contributed by atoms with Crippen molar-refractivity contribution in [3.05, 3.63) is 29.8 Å². The van der Waals surface area contributed by atoms with Crippen LogP contribution in [-0.4, -0.2) is 61.6 Å². The first-order valence-corrected chi connectivity index (χ1v) is 7.79. The van der Waals surface area contributed by atoms with Crippen LogP contribution in [0.15, 0.2) is 24.3 Å². The van der Waals surface area contributed by atoms with E-state index in [1.807, 2.05) is 0 Å². The zero-order valence-corrected chi connectivity index (χ0v) is 13.4. The summed E-state index contributed by atoms with van der Waals surface area (Å²) < 4.78 is 5.30. The van der Waals surface area contributed by atoms with Gasteiger partial charge in [0, 0.05) is 37.8 Å². The van der Waals surface area contributed by atoms with Crippen LogP contribution in [0.3, 0.4) is 0 Å². The lowest BCUT2D eigenvalue weighted by molar-refractivity contribution is -0.124. The fraction of sp³-hybridized carbons (Fsp3) is 0.438. The molecule has 2 heterocycles. The van der Waals surface area contributed by atoms with E-state index < -0.39 is 5.54 Å². The van der Waals surface area contributed by atoms with Crippen molar-refractivity contribution < 1.29 is 19.1 Å². The molecule has 0 atom stereocenters. The van der Waals surface area contributed by atoms with Gasteiger partial charge in [0.25, 0.3) is 5.91 Å². The molecule has 1 aromatic carbocycles. The number of nitrogens with one attached hydrogen (secondary N) is 3. The minimum absolute atomic E-state index is 0.0540. The molecule has 0 bridgehead atoms. The van der Waals surface area contributed by atoms with E-state index in [1.165, 1.54) is 7.05 Å². The van der Waals surface area contributed by atoms with Crippen LogP contribution in [0.5, 0.6) is 0 Å². The van der Waals surface area contributed by atoms with Gasteiger partial charge in [0.2, 0.25) is 5.91 Å². The Morgan fingerprint density at radius 1 is 1.25 bits per heavy atom. The molecule has 3 rings (SSSR count). The molecule has 0 unspecified atom stereocenters. The van der Waals surface area contributed by atoms with Gasteiger partial charge in [0.05, 0.1) is 13.2 Å². The van der Waals surface area contributed by atoms with Crippen molar-refractivity contribution in [2.45, 2.75) is 12.0 Å². The van der Waals surface area contributed by atoms with E-state index in [9.17, 15) is 14.4 Å². The summed E-state index contributed by atoms with van der Waals surface area (Å²) in [6, 6.07) is 6.36. The van der Waals surface area contributed by atoms with Crippen LogP contribution in [-0.2, 0) is 9.53 Å². The number of benzene rings is 1. The first-order chi connectivity index (χ1) is 11.5. The first-order valence-electron chi connectivity index (χ1n) is 7.79. The van der Waals surface area contributed by atoms with Gasteiger partial charge in [0.1, 0.15) is 5.54 Å². The molecular formula is C16H20N4O4. The predicted molar refractivity (Wildman–Crippen MR) is 86.7 cm³/mol. The second kappa shape index (κ2) is 6.48. The van der Waals surface area contributed by atoms with Crippen molar-refractivity contribution in [1.29, 1.82) is 0 Å². The Labute approximate surface area is 139 Å². The molecule has 8 nitrogen and oxygen atoms in total. The van der Waals surface area contributed by atoms with Gasteiger partial charge in [0.15, 0.2) is 0 Å². The Morgan fingerprint density at radius 2 is 1.96 bits per heavy atom. The lowest BCUT2D eigenvalue weighted by Crippen LogP contribution is -2.67. The maximum Gasteiger partial charge on any atom is 0.318 e. The van der Waals surface area contributed by atoms with Gasteiger partial charge in [-0.3, -0.25) is 9.59 Å². The SMILES string of the molecule is CNC(=O)Nc1ccc(C(=O)N2CCC(=O)NCC23COC3)cc1. The molecule has 4 amide bonds. The van der Waals surface area contributed by atoms with Crippen LogP contribution in [0.4, 0.5) is 10.5 Å². The summed E-state index contributed by atoms with van der Waals surface area (Å²) in [5.74, 6) is -0.192. The summed E-state index contributed by atoms with van der Waals surface area (Å²) in [4.78, 5) is 37.6.